The molecule has 0 radical (unpaired) electrons. The van der Waals surface area contributed by atoms with Crippen LogP contribution in [0.4, 0.5) is 5.69 Å². The van der Waals surface area contributed by atoms with Gasteiger partial charge in [0.05, 0.1) is 12.8 Å². The smallest absolute Gasteiger partial charge is 0.262 e. The molecule has 0 unspecified atom stereocenters. The van der Waals surface area contributed by atoms with E-state index in [9.17, 15) is 4.79 Å². The van der Waals surface area contributed by atoms with Gasteiger partial charge in [-0.25, -0.2) is 4.98 Å². The molecular formula is C24H19ClN2O3S. The van der Waals surface area contributed by atoms with Gasteiger partial charge in [0, 0.05) is 27.2 Å². The van der Waals surface area contributed by atoms with Crippen LogP contribution in [0.15, 0.2) is 78.2 Å². The maximum Gasteiger partial charge on any atom is 0.262 e. The van der Waals surface area contributed by atoms with Gasteiger partial charge in [0.2, 0.25) is 0 Å². The van der Waals surface area contributed by atoms with Crippen LogP contribution in [0.1, 0.15) is 0 Å². The zero-order valence-corrected chi connectivity index (χ0v) is 18.2. The summed E-state index contributed by atoms with van der Waals surface area (Å²) >= 11 is 7.52. The summed E-state index contributed by atoms with van der Waals surface area (Å²) in [5.74, 6) is 0.839. The minimum atomic E-state index is -0.261. The number of carbonyl (C=O) groups is 1. The molecule has 1 heterocycles. The third-order valence-corrected chi connectivity index (χ3v) is 5.61. The predicted molar refractivity (Wildman–Crippen MR) is 125 cm³/mol. The van der Waals surface area contributed by atoms with Crippen LogP contribution in [-0.4, -0.2) is 24.6 Å². The van der Waals surface area contributed by atoms with E-state index >= 15 is 0 Å². The molecule has 0 spiro atoms. The van der Waals surface area contributed by atoms with Crippen LogP contribution in [0.25, 0.3) is 21.8 Å². The van der Waals surface area contributed by atoms with Crippen molar-refractivity contribution in [1.29, 1.82) is 0 Å². The van der Waals surface area contributed by atoms with E-state index in [1.165, 1.54) is 0 Å². The highest BCUT2D eigenvalue weighted by molar-refractivity contribution is 7.13. The van der Waals surface area contributed by atoms with Gasteiger partial charge >= 0.3 is 0 Å². The van der Waals surface area contributed by atoms with Crippen molar-refractivity contribution in [2.24, 2.45) is 0 Å². The molecule has 0 aliphatic carbocycles. The van der Waals surface area contributed by atoms with Crippen LogP contribution in [0.5, 0.6) is 11.5 Å². The summed E-state index contributed by atoms with van der Waals surface area (Å²) in [4.78, 5) is 17.1. The fourth-order valence-corrected chi connectivity index (χ4v) is 3.93. The predicted octanol–water partition coefficient (Wildman–Crippen LogP) is 6.16. The minimum Gasteiger partial charge on any atom is -0.493 e. The van der Waals surface area contributed by atoms with Crippen molar-refractivity contribution in [2.45, 2.75) is 0 Å². The minimum absolute atomic E-state index is 0.123. The molecule has 1 N–H and O–H groups in total. The first kappa shape index (κ1) is 20.9. The Labute approximate surface area is 189 Å². The number of para-hydroxylation sites is 2. The molecule has 1 aromatic heterocycles. The SMILES string of the molecule is COc1ccccc1OCC(=O)Nc1cccc(-c2csc(-c3ccc(Cl)cc3)n2)c1. The number of ether oxygens (including phenoxy) is 2. The van der Waals surface area contributed by atoms with E-state index in [1.54, 1.807) is 30.6 Å². The molecule has 0 bridgehead atoms. The summed E-state index contributed by atoms with van der Waals surface area (Å²) in [5, 5.41) is 6.46. The highest BCUT2D eigenvalue weighted by atomic mass is 35.5. The molecule has 0 aliphatic heterocycles. The summed E-state index contributed by atoms with van der Waals surface area (Å²) in [6, 6.07) is 22.4. The number of amides is 1. The van der Waals surface area contributed by atoms with E-state index in [0.717, 1.165) is 21.8 Å². The molecule has 7 heteroatoms. The molecule has 4 aromatic rings. The number of methoxy groups -OCH3 is 1. The first-order valence-corrected chi connectivity index (χ1v) is 10.8. The molecule has 0 atom stereocenters. The van der Waals surface area contributed by atoms with Crippen LogP contribution >= 0.6 is 22.9 Å². The van der Waals surface area contributed by atoms with Crippen molar-refractivity contribution in [2.75, 3.05) is 19.0 Å². The Morgan fingerprint density at radius 1 is 1.00 bits per heavy atom. The lowest BCUT2D eigenvalue weighted by atomic mass is 10.1. The van der Waals surface area contributed by atoms with Crippen molar-refractivity contribution < 1.29 is 14.3 Å². The Hall–Kier alpha value is -3.35. The summed E-state index contributed by atoms with van der Waals surface area (Å²) in [6.07, 6.45) is 0. The normalized spacial score (nSPS) is 10.5. The molecule has 0 fully saturated rings. The maximum atomic E-state index is 12.3. The van der Waals surface area contributed by atoms with Gasteiger partial charge in [0.1, 0.15) is 5.01 Å². The topological polar surface area (TPSA) is 60.5 Å². The average molecular weight is 451 g/mol. The van der Waals surface area contributed by atoms with Crippen molar-refractivity contribution in [3.63, 3.8) is 0 Å². The lowest BCUT2D eigenvalue weighted by Gasteiger charge is -2.11. The quantitative estimate of drug-likeness (QED) is 0.366. The number of thiazole rings is 1. The van der Waals surface area contributed by atoms with Gasteiger partial charge in [0.25, 0.3) is 5.91 Å². The van der Waals surface area contributed by atoms with E-state index < -0.39 is 0 Å². The Bertz CT molecular complexity index is 1190. The maximum absolute atomic E-state index is 12.3. The number of nitrogens with one attached hydrogen (secondary N) is 1. The number of hydrogen-bond acceptors (Lipinski definition) is 5. The molecule has 156 valence electrons. The largest absolute Gasteiger partial charge is 0.493 e. The Kier molecular flexibility index (Phi) is 6.50. The standard InChI is InChI=1S/C24H19ClN2O3S/c1-29-21-7-2-3-8-22(21)30-14-23(28)26-19-6-4-5-17(13-19)20-15-31-24(27-20)16-9-11-18(25)12-10-16/h2-13,15H,14H2,1H3,(H,26,28). The van der Waals surface area contributed by atoms with Gasteiger partial charge in [-0.3, -0.25) is 4.79 Å². The Morgan fingerprint density at radius 2 is 1.77 bits per heavy atom. The molecule has 4 rings (SSSR count). The van der Waals surface area contributed by atoms with Crippen LogP contribution in [0.2, 0.25) is 5.02 Å². The van der Waals surface area contributed by atoms with Crippen molar-refractivity contribution >= 4 is 34.5 Å². The van der Waals surface area contributed by atoms with Crippen LogP contribution in [0.3, 0.4) is 0 Å². The Morgan fingerprint density at radius 3 is 2.55 bits per heavy atom. The number of nitrogens with zero attached hydrogens (tertiary/aromatic N) is 1. The van der Waals surface area contributed by atoms with Gasteiger partial charge in [-0.05, 0) is 36.4 Å². The molecule has 3 aromatic carbocycles. The summed E-state index contributed by atoms with van der Waals surface area (Å²) in [6.45, 7) is -0.123. The van der Waals surface area contributed by atoms with Gasteiger partial charge in [-0.2, -0.15) is 0 Å². The second-order valence-corrected chi connectivity index (χ2v) is 7.91. The van der Waals surface area contributed by atoms with Crippen molar-refractivity contribution in [3.8, 4) is 33.3 Å². The van der Waals surface area contributed by atoms with E-state index in [4.69, 9.17) is 26.1 Å². The zero-order valence-electron chi connectivity index (χ0n) is 16.7. The average Bonchev–Trinajstić information content (AvgIpc) is 3.29. The molecule has 1 amide bonds. The Balaban J connectivity index is 1.42. The lowest BCUT2D eigenvalue weighted by molar-refractivity contribution is -0.118. The summed E-state index contributed by atoms with van der Waals surface area (Å²) < 4.78 is 10.8. The number of rotatable bonds is 7. The van der Waals surface area contributed by atoms with Crippen molar-refractivity contribution in [3.05, 3.63) is 83.2 Å². The molecule has 0 saturated heterocycles. The summed E-state index contributed by atoms with van der Waals surface area (Å²) in [5.41, 5.74) is 3.45. The fourth-order valence-electron chi connectivity index (χ4n) is 2.97. The number of carbonyl (C=O) groups excluding carboxylic acids is 1. The molecule has 31 heavy (non-hydrogen) atoms. The number of hydrogen-bond donors (Lipinski definition) is 1. The first-order valence-electron chi connectivity index (χ1n) is 9.50. The van der Waals surface area contributed by atoms with Crippen LogP contribution in [-0.2, 0) is 4.79 Å². The van der Waals surface area contributed by atoms with Crippen LogP contribution in [0, 0.1) is 0 Å². The molecule has 5 nitrogen and oxygen atoms in total. The molecule has 0 saturated carbocycles. The first-order chi connectivity index (χ1) is 15.1. The van der Waals surface area contributed by atoms with E-state index in [1.807, 2.05) is 66.0 Å². The summed E-state index contributed by atoms with van der Waals surface area (Å²) in [7, 11) is 1.56. The van der Waals surface area contributed by atoms with Gasteiger partial charge in [0.15, 0.2) is 18.1 Å². The van der Waals surface area contributed by atoms with E-state index in [0.29, 0.717) is 22.2 Å². The fraction of sp³-hybridized carbons (Fsp3) is 0.0833. The van der Waals surface area contributed by atoms with Gasteiger partial charge < -0.3 is 14.8 Å². The number of aromatic nitrogens is 1. The van der Waals surface area contributed by atoms with Crippen molar-refractivity contribution in [1.82, 2.24) is 4.98 Å². The van der Waals surface area contributed by atoms with E-state index in [2.05, 4.69) is 5.32 Å². The van der Waals surface area contributed by atoms with E-state index in [-0.39, 0.29) is 12.5 Å². The molecular weight excluding hydrogens is 432 g/mol. The van der Waals surface area contributed by atoms with Gasteiger partial charge in [-0.1, -0.05) is 48.0 Å². The third-order valence-electron chi connectivity index (χ3n) is 4.47. The number of benzene rings is 3. The monoisotopic (exact) mass is 450 g/mol. The third kappa shape index (κ3) is 5.23. The highest BCUT2D eigenvalue weighted by Crippen LogP contribution is 2.30. The zero-order chi connectivity index (χ0) is 21.6. The van der Waals surface area contributed by atoms with Crippen LogP contribution < -0.4 is 14.8 Å². The number of anilines is 1. The molecule has 0 aliphatic rings. The lowest BCUT2D eigenvalue weighted by Crippen LogP contribution is -2.20. The number of halogens is 1. The van der Waals surface area contributed by atoms with Gasteiger partial charge in [-0.15, -0.1) is 11.3 Å². The second-order valence-electron chi connectivity index (χ2n) is 6.61. The second kappa shape index (κ2) is 9.64. The highest BCUT2D eigenvalue weighted by Gasteiger charge is 2.10.